The van der Waals surface area contributed by atoms with Crippen LogP contribution in [0.3, 0.4) is 0 Å². The van der Waals surface area contributed by atoms with Gasteiger partial charge in [0, 0.05) is 23.2 Å². The largest absolute Gasteiger partial charge is 0.363 e. The number of rotatable bonds is 3. The number of hydrogen-bond acceptors (Lipinski definition) is 5. The van der Waals surface area contributed by atoms with Gasteiger partial charge in [0.05, 0.1) is 23.2 Å². The Morgan fingerprint density at radius 1 is 1.07 bits per heavy atom. The summed E-state index contributed by atoms with van der Waals surface area (Å²) in [6, 6.07) is 10.5. The second-order valence-corrected chi connectivity index (χ2v) is 8.59. The number of benzene rings is 2. The monoisotopic (exact) mass is 400 g/mol. The molecule has 1 fully saturated rings. The van der Waals surface area contributed by atoms with Crippen LogP contribution in [-0.2, 0) is 6.42 Å². The van der Waals surface area contributed by atoms with Crippen LogP contribution in [0.1, 0.15) is 40.2 Å². The molecule has 2 aromatic carbocycles. The van der Waals surface area contributed by atoms with E-state index in [4.69, 9.17) is 4.52 Å². The number of hydrogen-bond donors (Lipinski definition) is 3. The van der Waals surface area contributed by atoms with Crippen molar-refractivity contribution >= 4 is 17.3 Å². The van der Waals surface area contributed by atoms with E-state index in [1.54, 1.807) is 0 Å². The first-order valence-electron chi connectivity index (χ1n) is 10.6. The van der Waals surface area contributed by atoms with Crippen LogP contribution in [0.15, 0.2) is 34.9 Å². The molecule has 1 aliphatic carbocycles. The number of fused-ring (bicyclic) bond motifs is 2. The van der Waals surface area contributed by atoms with Crippen LogP contribution in [0, 0.1) is 19.8 Å². The van der Waals surface area contributed by atoms with E-state index in [0.717, 1.165) is 62.6 Å². The summed E-state index contributed by atoms with van der Waals surface area (Å²) in [7, 11) is 0. The minimum atomic E-state index is 0.0126. The van der Waals surface area contributed by atoms with Gasteiger partial charge in [0.2, 0.25) is 0 Å². The first kappa shape index (κ1) is 17.6. The van der Waals surface area contributed by atoms with Crippen molar-refractivity contribution in [1.82, 2.24) is 10.5 Å². The number of carbonyl (C=O) groups excluding carboxylic acids is 1. The maximum atomic E-state index is 12.4. The van der Waals surface area contributed by atoms with Crippen LogP contribution >= 0.6 is 0 Å². The maximum Gasteiger partial charge on any atom is 0.251 e. The van der Waals surface area contributed by atoms with Crippen molar-refractivity contribution in [3.63, 3.8) is 0 Å². The smallest absolute Gasteiger partial charge is 0.251 e. The summed E-state index contributed by atoms with van der Waals surface area (Å²) in [5.41, 5.74) is 9.40. The molecule has 2 aliphatic heterocycles. The molecule has 0 saturated heterocycles. The van der Waals surface area contributed by atoms with Crippen molar-refractivity contribution < 1.29 is 9.32 Å². The van der Waals surface area contributed by atoms with E-state index in [-0.39, 0.29) is 12.1 Å². The Morgan fingerprint density at radius 2 is 1.90 bits per heavy atom. The molecule has 3 N–H and O–H groups in total. The fourth-order valence-corrected chi connectivity index (χ4v) is 4.91. The third-order valence-electron chi connectivity index (χ3n) is 6.54. The number of aromatic nitrogens is 1. The van der Waals surface area contributed by atoms with Crippen molar-refractivity contribution in [2.45, 2.75) is 39.3 Å². The fraction of sp³-hybridized carbons (Fsp3) is 0.333. The average Bonchev–Trinajstić information content (AvgIpc) is 3.42. The normalized spacial score (nSPS) is 19.5. The maximum absolute atomic E-state index is 12.4. The summed E-state index contributed by atoms with van der Waals surface area (Å²) in [6.07, 6.45) is 3.61. The Balaban J connectivity index is 1.57. The predicted octanol–water partition coefficient (Wildman–Crippen LogP) is 4.48. The van der Waals surface area contributed by atoms with Crippen LogP contribution in [0.5, 0.6) is 0 Å². The molecule has 3 aliphatic rings. The number of nitrogens with zero attached hydrogens (tertiary/aromatic N) is 1. The van der Waals surface area contributed by atoms with E-state index in [1.807, 2.05) is 26.0 Å². The summed E-state index contributed by atoms with van der Waals surface area (Å²) in [5, 5.41) is 14.5. The number of amides is 1. The molecule has 152 valence electrons. The minimum Gasteiger partial charge on any atom is -0.363 e. The highest BCUT2D eigenvalue weighted by molar-refractivity contribution is 6.01. The van der Waals surface area contributed by atoms with Crippen molar-refractivity contribution in [1.29, 1.82) is 0 Å². The topological polar surface area (TPSA) is 79.2 Å². The molecular weight excluding hydrogens is 376 g/mol. The van der Waals surface area contributed by atoms with Gasteiger partial charge in [-0.25, -0.2) is 0 Å². The zero-order valence-corrected chi connectivity index (χ0v) is 17.1. The molecule has 6 rings (SSSR count). The van der Waals surface area contributed by atoms with Gasteiger partial charge in [-0.05, 0) is 73.9 Å². The quantitative estimate of drug-likeness (QED) is 0.604. The molecule has 1 atom stereocenters. The van der Waals surface area contributed by atoms with E-state index in [0.29, 0.717) is 12.5 Å². The summed E-state index contributed by atoms with van der Waals surface area (Å²) >= 11 is 0. The molecule has 30 heavy (non-hydrogen) atoms. The van der Waals surface area contributed by atoms with Gasteiger partial charge in [-0.2, -0.15) is 0 Å². The molecule has 1 saturated carbocycles. The fourth-order valence-electron chi connectivity index (χ4n) is 4.91. The lowest BCUT2D eigenvalue weighted by Gasteiger charge is -2.21. The van der Waals surface area contributed by atoms with Gasteiger partial charge in [-0.1, -0.05) is 17.3 Å². The molecule has 3 heterocycles. The molecule has 0 bridgehead atoms. The van der Waals surface area contributed by atoms with Crippen molar-refractivity contribution in [3.05, 3.63) is 52.9 Å². The third-order valence-corrected chi connectivity index (χ3v) is 6.54. The average molecular weight is 400 g/mol. The Hall–Kier alpha value is -3.28. The van der Waals surface area contributed by atoms with Crippen LogP contribution in [-0.4, -0.2) is 23.8 Å². The number of aryl methyl sites for hydroxylation is 2. The molecular formula is C24H24N4O2. The Kier molecular flexibility index (Phi) is 3.72. The predicted molar refractivity (Wildman–Crippen MR) is 117 cm³/mol. The van der Waals surface area contributed by atoms with Crippen molar-refractivity contribution in [2.75, 3.05) is 17.2 Å². The number of anilines is 2. The lowest BCUT2D eigenvalue weighted by Crippen LogP contribution is -2.32. The first-order valence-corrected chi connectivity index (χ1v) is 10.6. The van der Waals surface area contributed by atoms with Gasteiger partial charge in [-0.15, -0.1) is 0 Å². The Labute approximate surface area is 175 Å². The summed E-state index contributed by atoms with van der Waals surface area (Å²) in [5.74, 6) is 1.50. The second-order valence-electron chi connectivity index (χ2n) is 8.59. The molecule has 1 aromatic heterocycles. The van der Waals surface area contributed by atoms with Gasteiger partial charge >= 0.3 is 0 Å². The van der Waals surface area contributed by atoms with Crippen LogP contribution in [0.4, 0.5) is 11.4 Å². The molecule has 0 radical (unpaired) electrons. The molecule has 1 amide bonds. The Morgan fingerprint density at radius 3 is 2.67 bits per heavy atom. The summed E-state index contributed by atoms with van der Waals surface area (Å²) < 4.78 is 5.45. The second kappa shape index (κ2) is 6.36. The summed E-state index contributed by atoms with van der Waals surface area (Å²) in [6.45, 7) is 4.60. The number of carbonyl (C=O) groups is 1. The molecule has 3 aromatic rings. The SMILES string of the molecule is Cc1noc(C)c1-c1cc2c(c(-c3cccc4c3CCNC4=O)c1)NC(C1CC1)N2. The molecule has 6 nitrogen and oxygen atoms in total. The van der Waals surface area contributed by atoms with Gasteiger partial charge in [0.25, 0.3) is 5.91 Å². The third kappa shape index (κ3) is 2.63. The van der Waals surface area contributed by atoms with E-state index in [9.17, 15) is 4.79 Å². The lowest BCUT2D eigenvalue weighted by molar-refractivity contribution is 0.0946. The van der Waals surface area contributed by atoms with E-state index >= 15 is 0 Å². The zero-order valence-electron chi connectivity index (χ0n) is 17.1. The molecule has 0 spiro atoms. The van der Waals surface area contributed by atoms with Gasteiger partial charge < -0.3 is 20.5 Å². The van der Waals surface area contributed by atoms with Crippen molar-refractivity contribution in [2.24, 2.45) is 5.92 Å². The Bertz CT molecular complexity index is 1170. The van der Waals surface area contributed by atoms with E-state index in [1.165, 1.54) is 12.8 Å². The van der Waals surface area contributed by atoms with Crippen LogP contribution in [0.2, 0.25) is 0 Å². The minimum absolute atomic E-state index is 0.0126. The zero-order chi connectivity index (χ0) is 20.4. The van der Waals surface area contributed by atoms with Crippen molar-refractivity contribution in [3.8, 4) is 22.3 Å². The highest BCUT2D eigenvalue weighted by atomic mass is 16.5. The standard InChI is InChI=1S/C24H24N4O2/c1-12-21(13(2)30-28-12)15-10-19(22-20(11-15)26-23(27-22)14-6-7-14)16-4-3-5-18-17(16)8-9-25-24(18)29/h3-5,10-11,14,23,26-27H,6-9H2,1-2H3,(H,25,29). The lowest BCUT2D eigenvalue weighted by atomic mass is 9.88. The van der Waals surface area contributed by atoms with Gasteiger partial charge in [0.1, 0.15) is 5.76 Å². The number of nitrogens with one attached hydrogen (secondary N) is 3. The molecule has 1 unspecified atom stereocenters. The molecule has 6 heteroatoms. The summed E-state index contributed by atoms with van der Waals surface area (Å²) in [4.78, 5) is 12.4. The van der Waals surface area contributed by atoms with Crippen LogP contribution < -0.4 is 16.0 Å². The van der Waals surface area contributed by atoms with E-state index in [2.05, 4.69) is 39.3 Å². The van der Waals surface area contributed by atoms with Crippen LogP contribution in [0.25, 0.3) is 22.3 Å². The van der Waals surface area contributed by atoms with Gasteiger partial charge in [0.15, 0.2) is 0 Å². The highest BCUT2D eigenvalue weighted by Crippen LogP contribution is 2.48. The first-order chi connectivity index (χ1) is 14.6. The van der Waals surface area contributed by atoms with E-state index < -0.39 is 0 Å². The highest BCUT2D eigenvalue weighted by Gasteiger charge is 2.36. The van der Waals surface area contributed by atoms with Gasteiger partial charge in [-0.3, -0.25) is 4.79 Å².